The fraction of sp³-hybridized carbons (Fsp3) is 0.286. The molecule has 0 fully saturated rings. The van der Waals surface area contributed by atoms with Crippen molar-refractivity contribution in [1.82, 2.24) is 0 Å². The summed E-state index contributed by atoms with van der Waals surface area (Å²) in [5.41, 5.74) is 0.707. The first-order chi connectivity index (χ1) is 10.9. The summed E-state index contributed by atoms with van der Waals surface area (Å²) >= 11 is 2.19. The van der Waals surface area contributed by atoms with E-state index in [1.807, 2.05) is 0 Å². The summed E-state index contributed by atoms with van der Waals surface area (Å²) in [7, 11) is -1.25. The average Bonchev–Trinajstić information content (AvgIpc) is 3.16. The SMILES string of the molecule is COC(=O)C=C1C=CSC1S(=O)(=O)C1SC=CC1=CC(=O)OC. The van der Waals surface area contributed by atoms with E-state index in [9.17, 15) is 18.0 Å². The van der Waals surface area contributed by atoms with Gasteiger partial charge in [-0.05, 0) is 22.0 Å². The van der Waals surface area contributed by atoms with Gasteiger partial charge in [-0.25, -0.2) is 18.0 Å². The van der Waals surface area contributed by atoms with Gasteiger partial charge in [0.05, 0.1) is 14.2 Å². The molecule has 6 nitrogen and oxygen atoms in total. The number of rotatable bonds is 4. The second-order valence-electron chi connectivity index (χ2n) is 4.47. The zero-order valence-electron chi connectivity index (χ0n) is 12.3. The molecular weight excluding hydrogens is 360 g/mol. The maximum absolute atomic E-state index is 12.9. The van der Waals surface area contributed by atoms with Crippen LogP contribution in [-0.4, -0.2) is 43.7 Å². The van der Waals surface area contributed by atoms with Crippen LogP contribution >= 0.6 is 23.5 Å². The van der Waals surface area contributed by atoms with Crippen molar-refractivity contribution in [2.75, 3.05) is 14.2 Å². The van der Waals surface area contributed by atoms with E-state index in [2.05, 4.69) is 9.47 Å². The molecule has 0 amide bonds. The second kappa shape index (κ2) is 7.41. The van der Waals surface area contributed by atoms with Crippen molar-refractivity contribution in [3.8, 4) is 0 Å². The number of allylic oxidation sites excluding steroid dienone is 2. The minimum Gasteiger partial charge on any atom is -0.466 e. The van der Waals surface area contributed by atoms with Crippen LogP contribution in [0.25, 0.3) is 0 Å². The number of hydrogen-bond donors (Lipinski definition) is 0. The average molecular weight is 374 g/mol. The van der Waals surface area contributed by atoms with E-state index in [0.717, 1.165) is 35.7 Å². The van der Waals surface area contributed by atoms with Gasteiger partial charge in [0.2, 0.25) is 0 Å². The first kappa shape index (κ1) is 17.9. The van der Waals surface area contributed by atoms with Gasteiger partial charge < -0.3 is 9.47 Å². The smallest absolute Gasteiger partial charge is 0.330 e. The van der Waals surface area contributed by atoms with E-state index >= 15 is 0 Å². The third-order valence-corrected chi connectivity index (χ3v) is 8.68. The van der Waals surface area contributed by atoms with Crippen LogP contribution in [0.1, 0.15) is 0 Å². The predicted molar refractivity (Wildman–Crippen MR) is 90.2 cm³/mol. The number of thioether (sulfide) groups is 2. The van der Waals surface area contributed by atoms with Crippen LogP contribution in [0, 0.1) is 0 Å². The molecule has 9 heteroatoms. The summed E-state index contributed by atoms with van der Waals surface area (Å²) < 4.78 is 33.0. The van der Waals surface area contributed by atoms with Crippen molar-refractivity contribution in [2.24, 2.45) is 0 Å². The minimum absolute atomic E-state index is 0.353. The van der Waals surface area contributed by atoms with Crippen LogP contribution in [-0.2, 0) is 28.9 Å². The molecular formula is C14H14O6S3. The molecule has 2 unspecified atom stereocenters. The Morgan fingerprint density at radius 1 is 0.957 bits per heavy atom. The first-order valence-corrected chi connectivity index (χ1v) is 9.85. The highest BCUT2D eigenvalue weighted by molar-refractivity contribution is 8.22. The van der Waals surface area contributed by atoms with Gasteiger partial charge in [0.25, 0.3) is 0 Å². The molecule has 0 bridgehead atoms. The van der Waals surface area contributed by atoms with Gasteiger partial charge in [-0.3, -0.25) is 0 Å². The molecule has 0 aromatic rings. The number of sulfone groups is 1. The van der Waals surface area contributed by atoms with Crippen molar-refractivity contribution in [3.05, 3.63) is 46.3 Å². The van der Waals surface area contributed by atoms with Crippen molar-refractivity contribution >= 4 is 45.3 Å². The lowest BCUT2D eigenvalue weighted by atomic mass is 10.3. The largest absolute Gasteiger partial charge is 0.466 e. The van der Waals surface area contributed by atoms with Crippen molar-refractivity contribution in [3.63, 3.8) is 0 Å². The number of esters is 2. The quantitative estimate of drug-likeness (QED) is 0.544. The van der Waals surface area contributed by atoms with Gasteiger partial charge in [0, 0.05) is 12.2 Å². The summed E-state index contributed by atoms with van der Waals surface area (Å²) in [5, 5.41) is 3.24. The van der Waals surface area contributed by atoms with Crippen molar-refractivity contribution < 1.29 is 27.5 Å². The standard InChI is InChI=1S/C14H14O6S3/c1-19-11(15)7-9-3-5-21-13(9)23(17,18)14-10(4-6-22-14)8-12(16)20-2/h3-8,13-14H,1-2H3. The molecule has 0 saturated heterocycles. The number of methoxy groups -OCH3 is 2. The third kappa shape index (κ3) is 3.91. The van der Waals surface area contributed by atoms with Crippen molar-refractivity contribution in [2.45, 2.75) is 9.16 Å². The summed E-state index contributed by atoms with van der Waals surface area (Å²) in [4.78, 5) is 22.8. The van der Waals surface area contributed by atoms with Gasteiger partial charge in [0.1, 0.15) is 9.16 Å². The van der Waals surface area contributed by atoms with E-state index in [4.69, 9.17) is 0 Å². The second-order valence-corrected chi connectivity index (χ2v) is 9.21. The van der Waals surface area contributed by atoms with E-state index in [-0.39, 0.29) is 0 Å². The Bertz CT molecular complexity index is 674. The van der Waals surface area contributed by atoms with Crippen LogP contribution in [0.2, 0.25) is 0 Å². The fourth-order valence-electron chi connectivity index (χ4n) is 1.96. The molecule has 23 heavy (non-hydrogen) atoms. The maximum Gasteiger partial charge on any atom is 0.330 e. The number of carbonyl (C=O) groups excluding carboxylic acids is 2. The van der Waals surface area contributed by atoms with E-state index < -0.39 is 30.9 Å². The number of ether oxygens (including phenoxy) is 2. The molecule has 2 atom stereocenters. The monoisotopic (exact) mass is 374 g/mol. The Hall–Kier alpha value is -1.45. The Morgan fingerprint density at radius 3 is 1.70 bits per heavy atom. The lowest BCUT2D eigenvalue weighted by molar-refractivity contribution is -0.135. The molecule has 2 aliphatic rings. The lowest BCUT2D eigenvalue weighted by Crippen LogP contribution is -2.28. The molecule has 124 valence electrons. The summed E-state index contributed by atoms with van der Waals surface area (Å²) in [6.07, 6.45) is 5.46. The normalized spacial score (nSPS) is 26.9. The molecule has 0 aromatic heterocycles. The molecule has 2 heterocycles. The minimum atomic E-state index is -3.70. The van der Waals surface area contributed by atoms with Gasteiger partial charge in [-0.1, -0.05) is 12.2 Å². The van der Waals surface area contributed by atoms with Crippen LogP contribution < -0.4 is 0 Å². The highest BCUT2D eigenvalue weighted by Gasteiger charge is 2.41. The fourth-order valence-corrected chi connectivity index (χ4v) is 7.10. The van der Waals surface area contributed by atoms with Crippen LogP contribution in [0.3, 0.4) is 0 Å². The highest BCUT2D eigenvalue weighted by Crippen LogP contribution is 2.42. The molecule has 0 spiro atoms. The Balaban J connectivity index is 2.31. The summed E-state index contributed by atoms with van der Waals surface area (Å²) in [6.45, 7) is 0. The maximum atomic E-state index is 12.9. The van der Waals surface area contributed by atoms with E-state index in [1.165, 1.54) is 14.2 Å². The molecule has 0 radical (unpaired) electrons. The van der Waals surface area contributed by atoms with E-state index in [0.29, 0.717) is 11.1 Å². The van der Waals surface area contributed by atoms with E-state index in [1.54, 1.807) is 23.0 Å². The van der Waals surface area contributed by atoms with Gasteiger partial charge in [-0.15, -0.1) is 23.5 Å². The number of carbonyl (C=O) groups is 2. The molecule has 0 N–H and O–H groups in total. The molecule has 2 aliphatic heterocycles. The van der Waals surface area contributed by atoms with Crippen molar-refractivity contribution in [1.29, 1.82) is 0 Å². The predicted octanol–water partition coefficient (Wildman–Crippen LogP) is 1.77. The van der Waals surface area contributed by atoms with Crippen LogP contribution in [0.4, 0.5) is 0 Å². The third-order valence-electron chi connectivity index (χ3n) is 3.04. The summed E-state index contributed by atoms with van der Waals surface area (Å²) in [5.74, 6) is -1.23. The van der Waals surface area contributed by atoms with Crippen LogP contribution in [0.15, 0.2) is 46.3 Å². The highest BCUT2D eigenvalue weighted by atomic mass is 32.3. The van der Waals surface area contributed by atoms with Gasteiger partial charge >= 0.3 is 11.9 Å². The zero-order valence-corrected chi connectivity index (χ0v) is 14.7. The zero-order chi connectivity index (χ0) is 17.0. The topological polar surface area (TPSA) is 86.7 Å². The first-order valence-electron chi connectivity index (χ1n) is 6.36. The van der Waals surface area contributed by atoms with Gasteiger partial charge in [0.15, 0.2) is 9.84 Å². The van der Waals surface area contributed by atoms with Gasteiger partial charge in [-0.2, -0.15) is 0 Å². The molecule has 0 saturated carbocycles. The Kier molecular flexibility index (Phi) is 5.77. The summed E-state index contributed by atoms with van der Waals surface area (Å²) in [6, 6.07) is 0. The van der Waals surface area contributed by atoms with Crippen LogP contribution in [0.5, 0.6) is 0 Å². The molecule has 0 aliphatic carbocycles. The number of hydrogen-bond acceptors (Lipinski definition) is 8. The molecule has 2 rings (SSSR count). The lowest BCUT2D eigenvalue weighted by Gasteiger charge is -2.19. The Morgan fingerprint density at radius 2 is 1.35 bits per heavy atom. The Labute approximate surface area is 142 Å². The molecule has 0 aromatic carbocycles.